The molecule has 1 atom stereocenters. The van der Waals surface area contributed by atoms with Gasteiger partial charge in [0.1, 0.15) is 5.75 Å². The number of benzene rings is 2. The van der Waals surface area contributed by atoms with Gasteiger partial charge in [-0.3, -0.25) is 9.59 Å². The van der Waals surface area contributed by atoms with Gasteiger partial charge in [-0.25, -0.2) is 0 Å². The molecular weight excluding hydrogens is 314 g/mol. The lowest BCUT2D eigenvalue weighted by atomic mass is 9.98. The Bertz CT molecular complexity index is 763. The molecule has 132 valence electrons. The monoisotopic (exact) mass is 339 g/mol. The maximum Gasteiger partial charge on any atom is 0.265 e. The molecule has 0 fully saturated rings. The van der Waals surface area contributed by atoms with Crippen LogP contribution in [0, 0.1) is 6.92 Å². The molecule has 25 heavy (non-hydrogen) atoms. The standard InChI is InChI=1S/C21H25NO3/c1-13(2)19-8-6-7-14(3)20(19)22-21(24)16(5)25-18-11-9-17(10-12-18)15(4)23/h6-13,16H,1-5H3,(H,22,24)/t16-/m0/s1. The van der Waals surface area contributed by atoms with Gasteiger partial charge in [-0.15, -0.1) is 0 Å². The van der Waals surface area contributed by atoms with E-state index in [2.05, 4.69) is 19.2 Å². The van der Waals surface area contributed by atoms with Crippen LogP contribution in [0.25, 0.3) is 0 Å². The predicted octanol–water partition coefficient (Wildman–Crippen LogP) is 4.73. The summed E-state index contributed by atoms with van der Waals surface area (Å²) in [5, 5.41) is 2.99. The SMILES string of the molecule is CC(=O)c1ccc(O[C@@H](C)C(=O)Nc2c(C)cccc2C(C)C)cc1. The smallest absolute Gasteiger partial charge is 0.265 e. The van der Waals surface area contributed by atoms with Gasteiger partial charge in [0.25, 0.3) is 5.91 Å². The van der Waals surface area contributed by atoms with Crippen molar-refractivity contribution in [3.63, 3.8) is 0 Å². The molecule has 0 aliphatic heterocycles. The summed E-state index contributed by atoms with van der Waals surface area (Å²) in [5.41, 5.74) is 3.60. The van der Waals surface area contributed by atoms with E-state index in [0.717, 1.165) is 16.8 Å². The number of ketones is 1. The van der Waals surface area contributed by atoms with E-state index in [9.17, 15) is 9.59 Å². The quantitative estimate of drug-likeness (QED) is 0.774. The molecule has 0 aromatic heterocycles. The third kappa shape index (κ3) is 4.69. The second kappa shape index (κ2) is 7.97. The Hall–Kier alpha value is -2.62. The maximum absolute atomic E-state index is 12.5. The van der Waals surface area contributed by atoms with Crippen LogP contribution in [0.5, 0.6) is 5.75 Å². The zero-order valence-corrected chi connectivity index (χ0v) is 15.4. The second-order valence-electron chi connectivity index (χ2n) is 6.52. The van der Waals surface area contributed by atoms with Crippen LogP contribution in [0.4, 0.5) is 5.69 Å². The van der Waals surface area contributed by atoms with E-state index in [1.165, 1.54) is 6.92 Å². The topological polar surface area (TPSA) is 55.4 Å². The molecule has 0 spiro atoms. The van der Waals surface area contributed by atoms with E-state index >= 15 is 0 Å². The largest absolute Gasteiger partial charge is 0.481 e. The Kier molecular flexibility index (Phi) is 5.97. The number of hydrogen-bond acceptors (Lipinski definition) is 3. The average Bonchev–Trinajstić information content (AvgIpc) is 2.56. The van der Waals surface area contributed by atoms with Crippen LogP contribution in [-0.4, -0.2) is 17.8 Å². The zero-order chi connectivity index (χ0) is 18.6. The predicted molar refractivity (Wildman–Crippen MR) is 100 cm³/mol. The van der Waals surface area contributed by atoms with Crippen molar-refractivity contribution >= 4 is 17.4 Å². The van der Waals surface area contributed by atoms with Crippen molar-refractivity contribution in [2.45, 2.75) is 46.6 Å². The number of carbonyl (C=O) groups excluding carboxylic acids is 2. The molecule has 1 N–H and O–H groups in total. The van der Waals surface area contributed by atoms with Gasteiger partial charge in [-0.05, 0) is 62.1 Å². The number of carbonyl (C=O) groups is 2. The first-order valence-electron chi connectivity index (χ1n) is 8.47. The molecule has 1 amide bonds. The normalized spacial score (nSPS) is 11.9. The van der Waals surface area contributed by atoms with Crippen LogP contribution >= 0.6 is 0 Å². The fraction of sp³-hybridized carbons (Fsp3) is 0.333. The zero-order valence-electron chi connectivity index (χ0n) is 15.4. The van der Waals surface area contributed by atoms with E-state index in [1.807, 2.05) is 25.1 Å². The van der Waals surface area contributed by atoms with Gasteiger partial charge in [0, 0.05) is 11.3 Å². The highest BCUT2D eigenvalue weighted by molar-refractivity contribution is 5.96. The molecule has 2 rings (SSSR count). The summed E-state index contributed by atoms with van der Waals surface area (Å²) in [6.45, 7) is 9.40. The Morgan fingerprint density at radius 1 is 1.00 bits per heavy atom. The van der Waals surface area contributed by atoms with E-state index < -0.39 is 6.10 Å². The molecule has 4 nitrogen and oxygen atoms in total. The molecule has 4 heteroatoms. The molecule has 0 saturated carbocycles. The third-order valence-corrected chi connectivity index (χ3v) is 4.12. The molecule has 0 bridgehead atoms. The fourth-order valence-corrected chi connectivity index (χ4v) is 2.59. The Morgan fingerprint density at radius 3 is 2.20 bits per heavy atom. The Morgan fingerprint density at radius 2 is 1.64 bits per heavy atom. The minimum Gasteiger partial charge on any atom is -0.481 e. The summed E-state index contributed by atoms with van der Waals surface area (Å²) in [7, 11) is 0. The van der Waals surface area contributed by atoms with Crippen LogP contribution in [0.1, 0.15) is 55.1 Å². The van der Waals surface area contributed by atoms with Crippen molar-refractivity contribution in [3.8, 4) is 5.75 Å². The molecule has 0 aliphatic rings. The van der Waals surface area contributed by atoms with Gasteiger partial charge < -0.3 is 10.1 Å². The fourth-order valence-electron chi connectivity index (χ4n) is 2.59. The van der Waals surface area contributed by atoms with Crippen LogP contribution in [0.15, 0.2) is 42.5 Å². The number of aryl methyl sites for hydroxylation is 1. The summed E-state index contributed by atoms with van der Waals surface area (Å²) in [6.07, 6.45) is -0.650. The van der Waals surface area contributed by atoms with E-state index in [4.69, 9.17) is 4.74 Å². The minimum absolute atomic E-state index is 0.00175. The van der Waals surface area contributed by atoms with Gasteiger partial charge in [0.05, 0.1) is 0 Å². The number of nitrogens with one attached hydrogen (secondary N) is 1. The number of rotatable bonds is 6. The van der Waals surface area contributed by atoms with Crippen molar-refractivity contribution in [3.05, 3.63) is 59.2 Å². The third-order valence-electron chi connectivity index (χ3n) is 4.12. The number of amides is 1. The Labute approximate surface area is 149 Å². The van der Waals surface area contributed by atoms with Crippen molar-refractivity contribution in [1.29, 1.82) is 0 Å². The number of Topliss-reactive ketones (excluding diaryl/α,β-unsaturated/α-hetero) is 1. The van der Waals surface area contributed by atoms with Crippen LogP contribution in [-0.2, 0) is 4.79 Å². The van der Waals surface area contributed by atoms with Gasteiger partial charge in [-0.1, -0.05) is 32.0 Å². The summed E-state index contributed by atoms with van der Waals surface area (Å²) in [6, 6.07) is 12.8. The average molecular weight is 339 g/mol. The summed E-state index contributed by atoms with van der Waals surface area (Å²) in [5.74, 6) is 0.664. The number of anilines is 1. The lowest BCUT2D eigenvalue weighted by Gasteiger charge is -2.19. The molecule has 0 saturated heterocycles. The molecule has 2 aromatic carbocycles. The first-order chi connectivity index (χ1) is 11.8. The van der Waals surface area contributed by atoms with Crippen molar-refractivity contribution in [2.24, 2.45) is 0 Å². The lowest BCUT2D eigenvalue weighted by Crippen LogP contribution is -2.30. The number of hydrogen-bond donors (Lipinski definition) is 1. The lowest BCUT2D eigenvalue weighted by molar-refractivity contribution is -0.122. The molecule has 0 radical (unpaired) electrons. The van der Waals surface area contributed by atoms with Crippen molar-refractivity contribution in [2.75, 3.05) is 5.32 Å². The van der Waals surface area contributed by atoms with E-state index in [1.54, 1.807) is 31.2 Å². The number of ether oxygens (including phenoxy) is 1. The summed E-state index contributed by atoms with van der Waals surface area (Å²) >= 11 is 0. The highest BCUT2D eigenvalue weighted by Crippen LogP contribution is 2.27. The first kappa shape index (κ1) is 18.7. The van der Waals surface area contributed by atoms with Gasteiger partial charge in [0.2, 0.25) is 0 Å². The van der Waals surface area contributed by atoms with Crippen LogP contribution < -0.4 is 10.1 Å². The number of para-hydroxylation sites is 1. The molecule has 0 unspecified atom stereocenters. The van der Waals surface area contributed by atoms with Crippen molar-refractivity contribution in [1.82, 2.24) is 0 Å². The van der Waals surface area contributed by atoms with Crippen LogP contribution in [0.2, 0.25) is 0 Å². The first-order valence-corrected chi connectivity index (χ1v) is 8.47. The molecule has 0 heterocycles. The van der Waals surface area contributed by atoms with Gasteiger partial charge in [0.15, 0.2) is 11.9 Å². The van der Waals surface area contributed by atoms with Crippen molar-refractivity contribution < 1.29 is 14.3 Å². The maximum atomic E-state index is 12.5. The van der Waals surface area contributed by atoms with E-state index in [-0.39, 0.29) is 11.7 Å². The molecule has 0 aliphatic carbocycles. The van der Waals surface area contributed by atoms with Gasteiger partial charge in [-0.2, -0.15) is 0 Å². The van der Waals surface area contributed by atoms with Crippen LogP contribution in [0.3, 0.4) is 0 Å². The molecular formula is C21H25NO3. The minimum atomic E-state index is -0.650. The highest BCUT2D eigenvalue weighted by atomic mass is 16.5. The Balaban J connectivity index is 2.09. The molecule has 2 aromatic rings. The summed E-state index contributed by atoms with van der Waals surface area (Å²) in [4.78, 5) is 23.8. The van der Waals surface area contributed by atoms with Gasteiger partial charge >= 0.3 is 0 Å². The van der Waals surface area contributed by atoms with E-state index in [0.29, 0.717) is 17.2 Å². The summed E-state index contributed by atoms with van der Waals surface area (Å²) < 4.78 is 5.70. The second-order valence-corrected chi connectivity index (χ2v) is 6.52. The highest BCUT2D eigenvalue weighted by Gasteiger charge is 2.18.